The first kappa shape index (κ1) is 23.4. The SMILES string of the molecule is CCCCCC(=O)Oc1ccc([I-]c2ccc(OC(=O)CCCCC)cc2)cc1. The van der Waals surface area contributed by atoms with Crippen molar-refractivity contribution in [1.29, 1.82) is 0 Å². The van der Waals surface area contributed by atoms with Crippen LogP contribution in [0.25, 0.3) is 0 Å². The Balaban J connectivity index is 1.80. The monoisotopic (exact) mass is 509 g/mol. The molecule has 0 radical (unpaired) electrons. The fourth-order valence-corrected chi connectivity index (χ4v) is 4.82. The van der Waals surface area contributed by atoms with Gasteiger partial charge in [-0.25, -0.2) is 0 Å². The molecule has 2 rings (SSSR count). The molecule has 5 heteroatoms. The van der Waals surface area contributed by atoms with Crippen LogP contribution in [0.2, 0.25) is 0 Å². The standard InChI is InChI=1S/C24H30IO4/c1-3-5-7-9-23(26)28-21-15-11-19(12-16-21)25-20-13-17-22(18-14-20)29-24(27)10-8-6-4-2/h11-18H,3-10H2,1-2H3/q-1. The zero-order valence-corrected chi connectivity index (χ0v) is 19.4. The Kier molecular flexibility index (Phi) is 10.8. The average molecular weight is 509 g/mol. The number of halogens is 1. The van der Waals surface area contributed by atoms with E-state index in [0.717, 1.165) is 38.5 Å². The van der Waals surface area contributed by atoms with E-state index in [-0.39, 0.29) is 33.1 Å². The first-order valence-corrected chi connectivity index (χ1v) is 12.5. The summed E-state index contributed by atoms with van der Waals surface area (Å²) in [6, 6.07) is 15.5. The van der Waals surface area contributed by atoms with Crippen LogP contribution in [0.15, 0.2) is 48.5 Å². The number of unbranched alkanes of at least 4 members (excludes halogenated alkanes) is 4. The van der Waals surface area contributed by atoms with Crippen molar-refractivity contribution in [1.82, 2.24) is 0 Å². The number of esters is 2. The minimum absolute atomic E-state index is 0.166. The summed E-state index contributed by atoms with van der Waals surface area (Å²) < 4.78 is 13.2. The molecular formula is C24H30IO4-. The van der Waals surface area contributed by atoms with Crippen molar-refractivity contribution in [2.24, 2.45) is 0 Å². The summed E-state index contributed by atoms with van der Waals surface area (Å²) in [5.41, 5.74) is 0. The van der Waals surface area contributed by atoms with E-state index in [1.165, 1.54) is 7.14 Å². The van der Waals surface area contributed by atoms with Crippen LogP contribution >= 0.6 is 0 Å². The first-order valence-electron chi connectivity index (χ1n) is 10.4. The second kappa shape index (κ2) is 13.4. The number of rotatable bonds is 12. The molecule has 0 saturated heterocycles. The zero-order chi connectivity index (χ0) is 20.9. The first-order chi connectivity index (χ1) is 14.1. The van der Waals surface area contributed by atoms with Crippen LogP contribution in [-0.2, 0) is 9.59 Å². The van der Waals surface area contributed by atoms with Gasteiger partial charge >= 0.3 is 185 Å². The summed E-state index contributed by atoms with van der Waals surface area (Å²) in [5.74, 6) is 0.871. The van der Waals surface area contributed by atoms with Crippen molar-refractivity contribution in [3.63, 3.8) is 0 Å². The van der Waals surface area contributed by atoms with Crippen molar-refractivity contribution in [3.8, 4) is 11.5 Å². The van der Waals surface area contributed by atoms with E-state index in [1.54, 1.807) is 0 Å². The van der Waals surface area contributed by atoms with Gasteiger partial charge < -0.3 is 0 Å². The van der Waals surface area contributed by atoms with Gasteiger partial charge in [0.1, 0.15) is 0 Å². The van der Waals surface area contributed by atoms with Gasteiger partial charge in [-0.2, -0.15) is 0 Å². The topological polar surface area (TPSA) is 52.6 Å². The van der Waals surface area contributed by atoms with E-state index in [4.69, 9.17) is 9.47 Å². The molecule has 0 aliphatic heterocycles. The molecule has 4 nitrogen and oxygen atoms in total. The van der Waals surface area contributed by atoms with Crippen LogP contribution in [0.1, 0.15) is 65.2 Å². The Morgan fingerprint density at radius 3 is 1.38 bits per heavy atom. The molecule has 0 aromatic heterocycles. The Morgan fingerprint density at radius 2 is 1.03 bits per heavy atom. The molecular weight excluding hydrogens is 479 g/mol. The Morgan fingerprint density at radius 1 is 0.655 bits per heavy atom. The van der Waals surface area contributed by atoms with E-state index in [9.17, 15) is 9.59 Å². The van der Waals surface area contributed by atoms with Crippen molar-refractivity contribution >= 4 is 11.9 Å². The van der Waals surface area contributed by atoms with E-state index in [2.05, 4.69) is 13.8 Å². The van der Waals surface area contributed by atoms with Gasteiger partial charge in [-0.05, 0) is 0 Å². The molecule has 0 unspecified atom stereocenters. The Bertz CT molecular complexity index is 688. The maximum atomic E-state index is 11.8. The van der Waals surface area contributed by atoms with Gasteiger partial charge in [0.05, 0.1) is 0 Å². The van der Waals surface area contributed by atoms with E-state index in [1.807, 2.05) is 48.5 Å². The predicted molar refractivity (Wildman–Crippen MR) is 110 cm³/mol. The number of hydrogen-bond donors (Lipinski definition) is 0. The third-order valence-corrected chi connectivity index (χ3v) is 6.96. The second-order valence-corrected chi connectivity index (χ2v) is 9.90. The third kappa shape index (κ3) is 9.43. The number of carbonyl (C=O) groups is 2. The summed E-state index contributed by atoms with van der Waals surface area (Å²) in [7, 11) is 0. The fraction of sp³-hybridized carbons (Fsp3) is 0.417. The second-order valence-electron chi connectivity index (χ2n) is 6.86. The molecule has 0 fully saturated rings. The number of benzene rings is 2. The Hall–Kier alpha value is -1.89. The van der Waals surface area contributed by atoms with Crippen LogP contribution in [0.3, 0.4) is 0 Å². The molecule has 0 N–H and O–H groups in total. The molecule has 0 atom stereocenters. The summed E-state index contributed by atoms with van der Waals surface area (Å²) in [5, 5.41) is 0. The summed E-state index contributed by atoms with van der Waals surface area (Å²) in [6.45, 7) is 4.23. The van der Waals surface area contributed by atoms with Crippen molar-refractivity contribution < 1.29 is 40.3 Å². The van der Waals surface area contributed by atoms with Crippen molar-refractivity contribution in [2.45, 2.75) is 65.2 Å². The maximum absolute atomic E-state index is 11.8. The van der Waals surface area contributed by atoms with Gasteiger partial charge in [-0.15, -0.1) is 0 Å². The summed E-state index contributed by atoms with van der Waals surface area (Å²) >= 11 is -0.344. The summed E-state index contributed by atoms with van der Waals surface area (Å²) in [4.78, 5) is 23.6. The van der Waals surface area contributed by atoms with E-state index < -0.39 is 0 Å². The molecule has 0 amide bonds. The summed E-state index contributed by atoms with van der Waals surface area (Å²) in [6.07, 6.45) is 6.98. The number of ether oxygens (including phenoxy) is 2. The third-order valence-electron chi connectivity index (χ3n) is 4.28. The molecule has 0 aliphatic rings. The predicted octanol–water partition coefficient (Wildman–Crippen LogP) is 2.79. The minimum atomic E-state index is -0.344. The van der Waals surface area contributed by atoms with Gasteiger partial charge in [0.2, 0.25) is 0 Å². The van der Waals surface area contributed by atoms with Gasteiger partial charge in [-0.1, -0.05) is 0 Å². The van der Waals surface area contributed by atoms with Crippen LogP contribution in [0.4, 0.5) is 0 Å². The van der Waals surface area contributed by atoms with Crippen LogP contribution in [0, 0.1) is 7.14 Å². The fourth-order valence-electron chi connectivity index (χ4n) is 2.66. The van der Waals surface area contributed by atoms with Crippen molar-refractivity contribution in [3.05, 3.63) is 55.7 Å². The quantitative estimate of drug-likeness (QED) is 0.191. The van der Waals surface area contributed by atoms with Gasteiger partial charge in [0, 0.05) is 0 Å². The molecule has 2 aromatic carbocycles. The zero-order valence-electron chi connectivity index (χ0n) is 17.3. The normalized spacial score (nSPS) is 10.7. The number of hydrogen-bond acceptors (Lipinski definition) is 4. The van der Waals surface area contributed by atoms with Crippen LogP contribution < -0.4 is 30.7 Å². The molecule has 0 bridgehead atoms. The average Bonchev–Trinajstić information content (AvgIpc) is 2.71. The number of carbonyl (C=O) groups excluding carboxylic acids is 2. The van der Waals surface area contributed by atoms with Gasteiger partial charge in [0.15, 0.2) is 0 Å². The molecule has 2 aromatic rings. The molecule has 0 spiro atoms. The van der Waals surface area contributed by atoms with Crippen LogP contribution in [-0.4, -0.2) is 11.9 Å². The molecule has 29 heavy (non-hydrogen) atoms. The molecule has 0 heterocycles. The van der Waals surface area contributed by atoms with Gasteiger partial charge in [-0.3, -0.25) is 0 Å². The van der Waals surface area contributed by atoms with E-state index >= 15 is 0 Å². The molecule has 0 saturated carbocycles. The van der Waals surface area contributed by atoms with Gasteiger partial charge in [0.25, 0.3) is 0 Å². The molecule has 0 aliphatic carbocycles. The Labute approximate surface area is 184 Å². The van der Waals surface area contributed by atoms with Crippen LogP contribution in [0.5, 0.6) is 11.5 Å². The van der Waals surface area contributed by atoms with E-state index in [0.29, 0.717) is 24.3 Å². The molecule has 158 valence electrons. The van der Waals surface area contributed by atoms with Crippen molar-refractivity contribution in [2.75, 3.05) is 0 Å².